The van der Waals surface area contributed by atoms with Gasteiger partial charge >= 0.3 is 0 Å². The van der Waals surface area contributed by atoms with Crippen LogP contribution in [0.4, 0.5) is 0 Å². The predicted octanol–water partition coefficient (Wildman–Crippen LogP) is 3.44. The van der Waals surface area contributed by atoms with Crippen molar-refractivity contribution >= 4 is 35.6 Å². The minimum atomic E-state index is -0.0757. The molecule has 1 aliphatic rings. The highest BCUT2D eigenvalue weighted by atomic mass is 35.5. The van der Waals surface area contributed by atoms with Crippen molar-refractivity contribution in [1.29, 1.82) is 0 Å². The molecule has 0 saturated carbocycles. The monoisotopic (exact) mass is 407 g/mol. The summed E-state index contributed by atoms with van der Waals surface area (Å²) in [5.74, 6) is -0.0329. The molecule has 0 aliphatic carbocycles. The number of benzene rings is 1. The van der Waals surface area contributed by atoms with Gasteiger partial charge in [0.2, 0.25) is 0 Å². The van der Waals surface area contributed by atoms with Crippen LogP contribution >= 0.6 is 23.7 Å². The first kappa shape index (κ1) is 21.4. The van der Waals surface area contributed by atoms with E-state index in [2.05, 4.69) is 5.32 Å². The molecule has 1 aromatic carbocycles. The summed E-state index contributed by atoms with van der Waals surface area (Å²) in [7, 11) is 0. The molecule has 0 radical (unpaired) electrons. The van der Waals surface area contributed by atoms with Gasteiger partial charge in [-0.05, 0) is 55.3 Å². The Labute approximate surface area is 170 Å². The van der Waals surface area contributed by atoms with Crippen LogP contribution < -0.4 is 11.1 Å². The van der Waals surface area contributed by atoms with Crippen molar-refractivity contribution in [3.8, 4) is 0 Å². The van der Waals surface area contributed by atoms with Crippen LogP contribution in [-0.2, 0) is 6.54 Å². The van der Waals surface area contributed by atoms with Crippen LogP contribution in [0.3, 0.4) is 0 Å². The Hall–Kier alpha value is -1.89. The summed E-state index contributed by atoms with van der Waals surface area (Å²) in [6, 6.07) is 11.2. The van der Waals surface area contributed by atoms with Gasteiger partial charge in [0.25, 0.3) is 11.8 Å². The topological polar surface area (TPSA) is 75.4 Å². The highest BCUT2D eigenvalue weighted by Crippen LogP contribution is 2.21. The minimum absolute atomic E-state index is 0. The molecule has 1 fully saturated rings. The molecule has 3 rings (SSSR count). The lowest BCUT2D eigenvalue weighted by molar-refractivity contribution is 0.0583. The molecule has 2 aromatic rings. The second-order valence-corrected chi connectivity index (χ2v) is 7.73. The van der Waals surface area contributed by atoms with Gasteiger partial charge in [-0.25, -0.2) is 0 Å². The molecule has 27 heavy (non-hydrogen) atoms. The fourth-order valence-corrected chi connectivity index (χ4v) is 4.00. The Bertz CT molecular complexity index is 747. The second kappa shape index (κ2) is 9.88. The van der Waals surface area contributed by atoms with E-state index in [1.165, 1.54) is 11.3 Å². The first-order valence-electron chi connectivity index (χ1n) is 9.03. The number of nitrogens with zero attached hydrogens (tertiary/aromatic N) is 1. The summed E-state index contributed by atoms with van der Waals surface area (Å²) in [5, 5.41) is 4.78. The van der Waals surface area contributed by atoms with Gasteiger partial charge in [0.1, 0.15) is 0 Å². The molecular formula is C20H26ClN3O2S. The number of thiophene rings is 1. The Morgan fingerprint density at radius 3 is 2.63 bits per heavy atom. The Kier molecular flexibility index (Phi) is 7.83. The van der Waals surface area contributed by atoms with E-state index in [1.54, 1.807) is 6.07 Å². The molecule has 2 unspecified atom stereocenters. The van der Waals surface area contributed by atoms with E-state index in [0.29, 0.717) is 17.0 Å². The van der Waals surface area contributed by atoms with Gasteiger partial charge in [0, 0.05) is 30.7 Å². The molecule has 5 nitrogen and oxygen atoms in total. The quantitative estimate of drug-likeness (QED) is 0.797. The van der Waals surface area contributed by atoms with Crippen LogP contribution in [0.15, 0.2) is 41.8 Å². The van der Waals surface area contributed by atoms with Crippen molar-refractivity contribution in [3.05, 3.63) is 57.8 Å². The van der Waals surface area contributed by atoms with Gasteiger partial charge in [-0.1, -0.05) is 18.2 Å². The molecule has 2 amide bonds. The van der Waals surface area contributed by atoms with Crippen molar-refractivity contribution in [1.82, 2.24) is 10.2 Å². The molecule has 2 heterocycles. The number of piperidine rings is 1. The number of rotatable bonds is 5. The Morgan fingerprint density at radius 1 is 1.26 bits per heavy atom. The molecule has 146 valence electrons. The Morgan fingerprint density at radius 2 is 2.00 bits per heavy atom. The fraction of sp³-hybridized carbons (Fsp3) is 0.400. The van der Waals surface area contributed by atoms with Crippen molar-refractivity contribution in [3.63, 3.8) is 0 Å². The van der Waals surface area contributed by atoms with E-state index >= 15 is 0 Å². The maximum absolute atomic E-state index is 12.8. The zero-order chi connectivity index (χ0) is 18.5. The number of carbonyl (C=O) groups excluding carboxylic acids is 2. The highest BCUT2D eigenvalue weighted by molar-refractivity contribution is 7.12. The molecule has 1 aromatic heterocycles. The zero-order valence-corrected chi connectivity index (χ0v) is 17.0. The first-order chi connectivity index (χ1) is 12.6. The highest BCUT2D eigenvalue weighted by Gasteiger charge is 2.29. The van der Waals surface area contributed by atoms with Gasteiger partial charge in [0.05, 0.1) is 4.88 Å². The molecule has 0 bridgehead atoms. The number of nitrogens with two attached hydrogens (primary N) is 1. The molecule has 0 spiro atoms. The number of hydrogen-bond donors (Lipinski definition) is 2. The SMILES string of the molecule is CC(N)C1CCCCN1C(=O)c1ccc(CNC(=O)c2cccs2)cc1.Cl. The zero-order valence-electron chi connectivity index (χ0n) is 15.4. The summed E-state index contributed by atoms with van der Waals surface area (Å²) < 4.78 is 0. The number of nitrogens with one attached hydrogen (secondary N) is 1. The third-order valence-corrected chi connectivity index (χ3v) is 5.68. The first-order valence-corrected chi connectivity index (χ1v) is 9.91. The summed E-state index contributed by atoms with van der Waals surface area (Å²) in [4.78, 5) is 27.5. The maximum atomic E-state index is 12.8. The lowest BCUT2D eigenvalue weighted by Crippen LogP contribution is -2.51. The number of hydrogen-bond acceptors (Lipinski definition) is 4. The van der Waals surface area contributed by atoms with Crippen molar-refractivity contribution in [2.45, 2.75) is 44.8 Å². The van der Waals surface area contributed by atoms with E-state index < -0.39 is 0 Å². The number of carbonyl (C=O) groups is 2. The number of likely N-dealkylation sites (tertiary alicyclic amines) is 1. The van der Waals surface area contributed by atoms with Crippen molar-refractivity contribution in [2.24, 2.45) is 5.73 Å². The third-order valence-electron chi connectivity index (χ3n) is 4.82. The number of halogens is 1. The van der Waals surface area contributed by atoms with Crippen LogP contribution in [0.25, 0.3) is 0 Å². The molecule has 3 N–H and O–H groups in total. The summed E-state index contributed by atoms with van der Waals surface area (Å²) in [5.41, 5.74) is 7.71. The maximum Gasteiger partial charge on any atom is 0.261 e. The summed E-state index contributed by atoms with van der Waals surface area (Å²) in [6.45, 7) is 3.18. The van der Waals surface area contributed by atoms with Crippen LogP contribution in [0.2, 0.25) is 0 Å². The average molecular weight is 408 g/mol. The van der Waals surface area contributed by atoms with Crippen LogP contribution in [0.1, 0.15) is 51.8 Å². The smallest absolute Gasteiger partial charge is 0.261 e. The average Bonchev–Trinajstić information content (AvgIpc) is 3.21. The van der Waals surface area contributed by atoms with E-state index in [-0.39, 0.29) is 36.3 Å². The Balaban J connectivity index is 0.00000261. The fourth-order valence-electron chi connectivity index (χ4n) is 3.36. The van der Waals surface area contributed by atoms with Gasteiger partial charge in [-0.2, -0.15) is 0 Å². The largest absolute Gasteiger partial charge is 0.347 e. The summed E-state index contributed by atoms with van der Waals surface area (Å²) in [6.07, 6.45) is 3.12. The molecule has 7 heteroatoms. The minimum Gasteiger partial charge on any atom is -0.347 e. The lowest BCUT2D eigenvalue weighted by atomic mass is 9.96. The molecular weight excluding hydrogens is 382 g/mol. The molecule has 1 saturated heterocycles. The van der Waals surface area contributed by atoms with E-state index in [1.807, 2.05) is 47.5 Å². The van der Waals surface area contributed by atoms with E-state index in [4.69, 9.17) is 5.73 Å². The standard InChI is InChI=1S/C20H25N3O2S.ClH/c1-14(21)17-5-2-3-11-23(17)20(25)16-9-7-15(8-10-16)13-22-19(24)18-6-4-12-26-18;/h4,6-10,12,14,17H,2-3,5,11,13,21H2,1H3,(H,22,24);1H. The van der Waals surface area contributed by atoms with Crippen molar-refractivity contribution < 1.29 is 9.59 Å². The van der Waals surface area contributed by atoms with Crippen molar-refractivity contribution in [2.75, 3.05) is 6.54 Å². The summed E-state index contributed by atoms with van der Waals surface area (Å²) >= 11 is 1.42. The van der Waals surface area contributed by atoms with Crippen LogP contribution in [0.5, 0.6) is 0 Å². The third kappa shape index (κ3) is 5.31. The molecule has 2 atom stereocenters. The van der Waals surface area contributed by atoms with Crippen LogP contribution in [-0.4, -0.2) is 35.3 Å². The van der Waals surface area contributed by atoms with Gasteiger partial charge in [0.15, 0.2) is 0 Å². The van der Waals surface area contributed by atoms with E-state index in [9.17, 15) is 9.59 Å². The normalized spacial score (nSPS) is 17.7. The van der Waals surface area contributed by atoms with E-state index in [0.717, 1.165) is 31.4 Å². The van der Waals surface area contributed by atoms with Crippen LogP contribution in [0, 0.1) is 0 Å². The number of amides is 2. The van der Waals surface area contributed by atoms with Gasteiger partial charge in [-0.15, -0.1) is 23.7 Å². The second-order valence-electron chi connectivity index (χ2n) is 6.78. The predicted molar refractivity (Wildman–Crippen MR) is 112 cm³/mol. The van der Waals surface area contributed by atoms with Gasteiger partial charge in [-0.3, -0.25) is 9.59 Å². The van der Waals surface area contributed by atoms with Gasteiger partial charge < -0.3 is 16.0 Å². The molecule has 1 aliphatic heterocycles. The lowest BCUT2D eigenvalue weighted by Gasteiger charge is -2.38.